The summed E-state index contributed by atoms with van der Waals surface area (Å²) in [7, 11) is 0. The second-order valence-corrected chi connectivity index (χ2v) is 7.01. The van der Waals surface area contributed by atoms with Crippen molar-refractivity contribution in [3.63, 3.8) is 0 Å². The van der Waals surface area contributed by atoms with Gasteiger partial charge in [-0.15, -0.1) is 0 Å². The van der Waals surface area contributed by atoms with Crippen molar-refractivity contribution in [2.75, 3.05) is 0 Å². The van der Waals surface area contributed by atoms with Crippen LogP contribution >= 0.6 is 0 Å². The summed E-state index contributed by atoms with van der Waals surface area (Å²) in [6.07, 6.45) is 9.09. The summed E-state index contributed by atoms with van der Waals surface area (Å²) >= 11 is 0. The standard InChI is InChI=1S/2C8H11N.C6H10N2.3B/c1-7(2)8-4-3-5-9-6-8;1-7(2)8-5-3-4-6-9-8;1-5(2)6-3-7-4-8-6;;;/h2*3-7H,1-2H3;3-5H,1-2H3,(H,7,8);;;. The minimum Gasteiger partial charge on any atom is -0.348 e. The second kappa shape index (κ2) is 17.8. The fourth-order valence-electron chi connectivity index (χ4n) is 2.02. The minimum absolute atomic E-state index is 0. The molecule has 9 radical (unpaired) electrons. The van der Waals surface area contributed by atoms with E-state index < -0.39 is 0 Å². The number of imidazole rings is 1. The number of pyridine rings is 2. The minimum atomic E-state index is 0. The first-order chi connectivity index (χ1) is 12.4. The van der Waals surface area contributed by atoms with E-state index in [4.69, 9.17) is 0 Å². The molecule has 0 fully saturated rings. The number of H-pyrrole nitrogens is 1. The van der Waals surface area contributed by atoms with Crippen molar-refractivity contribution in [2.45, 2.75) is 59.3 Å². The van der Waals surface area contributed by atoms with Gasteiger partial charge in [0.1, 0.15) is 0 Å². The number of nitrogens with zero attached hydrogens (tertiary/aromatic N) is 3. The topological polar surface area (TPSA) is 54.5 Å². The van der Waals surface area contributed by atoms with Crippen LogP contribution in [0, 0.1) is 0 Å². The molecule has 149 valence electrons. The molecule has 1 N–H and O–H groups in total. The molecule has 0 spiro atoms. The molecule has 3 aromatic rings. The Hall–Kier alpha value is -2.30. The average Bonchev–Trinajstić information content (AvgIpc) is 3.19. The molecule has 0 saturated heterocycles. The van der Waals surface area contributed by atoms with E-state index in [-0.39, 0.29) is 25.2 Å². The number of aromatic amines is 1. The molecule has 4 nitrogen and oxygen atoms in total. The Kier molecular flexibility index (Phi) is 19.3. The van der Waals surface area contributed by atoms with E-state index in [1.807, 2.05) is 42.9 Å². The molecule has 3 heterocycles. The molecule has 0 bridgehead atoms. The zero-order valence-electron chi connectivity index (χ0n) is 18.6. The molecule has 29 heavy (non-hydrogen) atoms. The summed E-state index contributed by atoms with van der Waals surface area (Å²) in [5.74, 6) is 1.71. The Morgan fingerprint density at radius 1 is 0.690 bits per heavy atom. The van der Waals surface area contributed by atoms with Crippen LogP contribution in [0.25, 0.3) is 0 Å². The van der Waals surface area contributed by atoms with Crippen molar-refractivity contribution >= 4 is 25.2 Å². The zero-order valence-corrected chi connectivity index (χ0v) is 18.6. The highest BCUT2D eigenvalue weighted by molar-refractivity contribution is 5.76. The molecule has 0 unspecified atom stereocenters. The van der Waals surface area contributed by atoms with E-state index in [9.17, 15) is 0 Å². The second-order valence-electron chi connectivity index (χ2n) is 7.01. The number of rotatable bonds is 3. The number of aromatic nitrogens is 4. The van der Waals surface area contributed by atoms with Crippen LogP contribution in [0.15, 0.2) is 61.4 Å². The van der Waals surface area contributed by atoms with Crippen LogP contribution < -0.4 is 0 Å². The third kappa shape index (κ3) is 13.5. The summed E-state index contributed by atoms with van der Waals surface area (Å²) in [5.41, 5.74) is 3.67. The van der Waals surface area contributed by atoms with E-state index in [0.29, 0.717) is 17.8 Å². The highest BCUT2D eigenvalue weighted by atomic mass is 14.9. The molecule has 0 aliphatic carbocycles. The van der Waals surface area contributed by atoms with Crippen LogP contribution in [0.4, 0.5) is 0 Å². The van der Waals surface area contributed by atoms with Gasteiger partial charge in [0.05, 0.1) is 6.33 Å². The summed E-state index contributed by atoms with van der Waals surface area (Å²) < 4.78 is 0. The molecule has 0 aliphatic rings. The van der Waals surface area contributed by atoms with Crippen LogP contribution in [0.3, 0.4) is 0 Å². The van der Waals surface area contributed by atoms with Gasteiger partial charge in [0.2, 0.25) is 0 Å². The van der Waals surface area contributed by atoms with E-state index >= 15 is 0 Å². The van der Waals surface area contributed by atoms with Crippen molar-refractivity contribution in [3.8, 4) is 0 Å². The summed E-state index contributed by atoms with van der Waals surface area (Å²) in [4.78, 5) is 15.1. The highest BCUT2D eigenvalue weighted by Gasteiger charge is 1.96. The smallest absolute Gasteiger partial charge is 0.0921 e. The van der Waals surface area contributed by atoms with E-state index in [0.717, 1.165) is 5.69 Å². The van der Waals surface area contributed by atoms with Gasteiger partial charge in [0, 0.05) is 61.4 Å². The predicted molar refractivity (Wildman–Crippen MR) is 127 cm³/mol. The quantitative estimate of drug-likeness (QED) is 0.660. The molecule has 0 aliphatic heterocycles. The van der Waals surface area contributed by atoms with Crippen molar-refractivity contribution < 1.29 is 0 Å². The maximum Gasteiger partial charge on any atom is 0.0921 e. The molecule has 0 amide bonds. The van der Waals surface area contributed by atoms with Crippen molar-refractivity contribution in [2.24, 2.45) is 0 Å². The summed E-state index contributed by atoms with van der Waals surface area (Å²) in [6, 6.07) is 10.1. The first-order valence-electron chi connectivity index (χ1n) is 9.20. The van der Waals surface area contributed by atoms with Crippen molar-refractivity contribution in [1.29, 1.82) is 0 Å². The maximum atomic E-state index is 4.18. The molecule has 3 aromatic heterocycles. The maximum absolute atomic E-state index is 4.18. The SMILES string of the molecule is CC(C)c1ccccn1.CC(C)c1cccnc1.CC(C)c1cnc[nH]1.[B].[B].[B]. The van der Waals surface area contributed by atoms with Gasteiger partial charge in [-0.05, 0) is 41.5 Å². The Morgan fingerprint density at radius 3 is 1.66 bits per heavy atom. The van der Waals surface area contributed by atoms with Crippen molar-refractivity contribution in [1.82, 2.24) is 19.9 Å². The molecule has 7 heteroatoms. The Labute approximate surface area is 183 Å². The van der Waals surface area contributed by atoms with Gasteiger partial charge in [-0.1, -0.05) is 53.7 Å². The van der Waals surface area contributed by atoms with Crippen LogP contribution in [0.1, 0.15) is 76.2 Å². The lowest BCUT2D eigenvalue weighted by Gasteiger charge is -2.00. The molecular weight excluding hydrogens is 353 g/mol. The fraction of sp³-hybridized carbons (Fsp3) is 0.409. The monoisotopic (exact) mass is 385 g/mol. The first kappa shape index (κ1) is 31.4. The molecule has 0 aromatic carbocycles. The Balaban J connectivity index is -0.000000333. The largest absolute Gasteiger partial charge is 0.348 e. The highest BCUT2D eigenvalue weighted by Crippen LogP contribution is 2.10. The van der Waals surface area contributed by atoms with Crippen LogP contribution in [0.2, 0.25) is 0 Å². The molecule has 0 saturated carbocycles. The van der Waals surface area contributed by atoms with Gasteiger partial charge in [0.15, 0.2) is 0 Å². The number of hydrogen-bond donors (Lipinski definition) is 1. The average molecular weight is 385 g/mol. The van der Waals surface area contributed by atoms with Gasteiger partial charge >= 0.3 is 0 Å². The molecule has 0 atom stereocenters. The van der Waals surface area contributed by atoms with E-state index in [1.54, 1.807) is 12.5 Å². The van der Waals surface area contributed by atoms with Crippen molar-refractivity contribution in [3.05, 3.63) is 78.4 Å². The van der Waals surface area contributed by atoms with Gasteiger partial charge in [-0.2, -0.15) is 0 Å². The Morgan fingerprint density at radius 2 is 1.38 bits per heavy atom. The summed E-state index contributed by atoms with van der Waals surface area (Å²) in [6.45, 7) is 12.9. The third-order valence-corrected chi connectivity index (χ3v) is 3.77. The number of hydrogen-bond acceptors (Lipinski definition) is 3. The molecule has 3 rings (SSSR count). The zero-order chi connectivity index (χ0) is 19.4. The Bertz CT molecular complexity index is 645. The van der Waals surface area contributed by atoms with Gasteiger partial charge in [-0.25, -0.2) is 4.98 Å². The molecular formula is C22H32B3N4. The van der Waals surface area contributed by atoms with Crippen LogP contribution in [-0.2, 0) is 0 Å². The lowest BCUT2D eigenvalue weighted by Crippen LogP contribution is -1.88. The fourth-order valence-corrected chi connectivity index (χ4v) is 2.02. The lowest BCUT2D eigenvalue weighted by molar-refractivity contribution is 0.823. The van der Waals surface area contributed by atoms with Gasteiger partial charge in [0.25, 0.3) is 0 Å². The lowest BCUT2D eigenvalue weighted by atomic mass is 10.1. The number of nitrogens with one attached hydrogen (secondary N) is 1. The van der Waals surface area contributed by atoms with Gasteiger partial charge in [-0.3, -0.25) is 9.97 Å². The third-order valence-electron chi connectivity index (χ3n) is 3.77. The van der Waals surface area contributed by atoms with Crippen LogP contribution in [0.5, 0.6) is 0 Å². The first-order valence-corrected chi connectivity index (χ1v) is 9.20. The summed E-state index contributed by atoms with van der Waals surface area (Å²) in [5, 5.41) is 0. The van der Waals surface area contributed by atoms with E-state index in [2.05, 4.69) is 67.5 Å². The normalized spacial score (nSPS) is 9.14. The predicted octanol–water partition coefficient (Wildman–Crippen LogP) is 4.80. The van der Waals surface area contributed by atoms with Gasteiger partial charge < -0.3 is 4.98 Å². The van der Waals surface area contributed by atoms with Crippen LogP contribution in [-0.4, -0.2) is 45.2 Å². The van der Waals surface area contributed by atoms with E-state index in [1.165, 1.54) is 11.3 Å².